The minimum atomic E-state index is -2.25. The van der Waals surface area contributed by atoms with E-state index in [1.807, 2.05) is 0 Å². The van der Waals surface area contributed by atoms with E-state index in [9.17, 15) is 21.9 Å². The fraction of sp³-hybridized carbons (Fsp3) is 0. The average Bonchev–Trinajstić information content (AvgIpc) is 2.41. The molecule has 2 aromatic carbocycles. The second kappa shape index (κ2) is 13.1. The Morgan fingerprint density at radius 1 is 0.714 bits per heavy atom. The van der Waals surface area contributed by atoms with Crippen molar-refractivity contribution in [3.8, 4) is 0 Å². The van der Waals surface area contributed by atoms with Crippen molar-refractivity contribution >= 4 is 22.2 Å². The Hall–Kier alpha value is 0.590. The van der Waals surface area contributed by atoms with E-state index in [4.69, 9.17) is 0 Å². The van der Waals surface area contributed by atoms with Crippen LogP contribution in [0.2, 0.25) is 0 Å². The van der Waals surface area contributed by atoms with Gasteiger partial charge in [0.1, 0.15) is 5.82 Å². The van der Waals surface area contributed by atoms with Crippen LogP contribution >= 0.6 is 0 Å². The minimum absolute atomic E-state index is 0. The molecule has 0 saturated carbocycles. The summed E-state index contributed by atoms with van der Waals surface area (Å²) in [4.78, 5) is 0.430. The number of benzene rings is 2. The van der Waals surface area contributed by atoms with Crippen molar-refractivity contribution < 1.29 is 81.0 Å². The summed E-state index contributed by atoms with van der Waals surface area (Å²) in [6.07, 6.45) is 0. The molecule has 2 atom stereocenters. The Labute approximate surface area is 171 Å². The summed E-state index contributed by atoms with van der Waals surface area (Å²) in [7, 11) is 0. The fourth-order valence-corrected chi connectivity index (χ4v) is 1.81. The molecule has 21 heavy (non-hydrogen) atoms. The zero-order chi connectivity index (χ0) is 14.3. The molecule has 0 heterocycles. The SMILES string of the molecule is O=S([O-])c1ccc(F)cc1.O=S([O-])c1ccccc1.[Na+].[Na+]. The fourth-order valence-electron chi connectivity index (χ4n) is 1.08. The van der Waals surface area contributed by atoms with Crippen molar-refractivity contribution in [1.82, 2.24) is 0 Å². The van der Waals surface area contributed by atoms with Crippen LogP contribution in [-0.2, 0) is 22.2 Å². The number of halogens is 1. The molecule has 2 rings (SSSR count). The molecule has 0 bridgehead atoms. The first-order valence-corrected chi connectivity index (χ1v) is 7.15. The summed E-state index contributed by atoms with van der Waals surface area (Å²) in [5.41, 5.74) is 0. The zero-order valence-corrected chi connectivity index (χ0v) is 17.2. The van der Waals surface area contributed by atoms with Crippen molar-refractivity contribution in [2.24, 2.45) is 0 Å². The first-order valence-electron chi connectivity index (χ1n) is 5.00. The van der Waals surface area contributed by atoms with Crippen LogP contribution in [0.15, 0.2) is 64.4 Å². The van der Waals surface area contributed by atoms with Gasteiger partial charge in [-0.25, -0.2) is 4.39 Å². The molecule has 0 aromatic heterocycles. The molecule has 0 spiro atoms. The van der Waals surface area contributed by atoms with Crippen LogP contribution < -0.4 is 59.1 Å². The molecule has 0 amide bonds. The van der Waals surface area contributed by atoms with E-state index < -0.39 is 28.0 Å². The summed E-state index contributed by atoms with van der Waals surface area (Å²) >= 11 is -4.33. The van der Waals surface area contributed by atoms with Gasteiger partial charge >= 0.3 is 59.1 Å². The predicted molar refractivity (Wildman–Crippen MR) is 67.2 cm³/mol. The van der Waals surface area contributed by atoms with Gasteiger partial charge in [-0.1, -0.05) is 18.2 Å². The van der Waals surface area contributed by atoms with E-state index in [0.717, 1.165) is 12.1 Å². The molecule has 102 valence electrons. The second-order valence-electron chi connectivity index (χ2n) is 3.24. The van der Waals surface area contributed by atoms with Crippen LogP contribution in [0.4, 0.5) is 4.39 Å². The van der Waals surface area contributed by atoms with Gasteiger partial charge in [0.25, 0.3) is 0 Å². The molecule has 0 fully saturated rings. The van der Waals surface area contributed by atoms with Gasteiger partial charge in [0, 0.05) is 9.79 Å². The minimum Gasteiger partial charge on any atom is -0.768 e. The quantitative estimate of drug-likeness (QED) is 0.410. The molecule has 2 aromatic rings. The van der Waals surface area contributed by atoms with Crippen molar-refractivity contribution in [3.05, 3.63) is 60.4 Å². The summed E-state index contributed by atoms with van der Waals surface area (Å²) in [6.45, 7) is 0. The van der Waals surface area contributed by atoms with Crippen LogP contribution in [0.5, 0.6) is 0 Å². The number of hydrogen-bond donors (Lipinski definition) is 0. The van der Waals surface area contributed by atoms with Crippen molar-refractivity contribution in [3.63, 3.8) is 0 Å². The van der Waals surface area contributed by atoms with Gasteiger partial charge in [-0.3, -0.25) is 8.42 Å². The van der Waals surface area contributed by atoms with E-state index in [2.05, 4.69) is 0 Å². The van der Waals surface area contributed by atoms with Crippen LogP contribution in [0.3, 0.4) is 0 Å². The van der Waals surface area contributed by atoms with Gasteiger partial charge < -0.3 is 9.11 Å². The Bertz CT molecular complexity index is 567. The van der Waals surface area contributed by atoms with E-state index in [-0.39, 0.29) is 64.0 Å². The molecule has 2 unspecified atom stereocenters. The van der Waals surface area contributed by atoms with Crippen molar-refractivity contribution in [2.45, 2.75) is 9.79 Å². The van der Waals surface area contributed by atoms with Crippen LogP contribution in [0, 0.1) is 5.82 Å². The summed E-state index contributed by atoms with van der Waals surface area (Å²) in [5.74, 6) is -0.436. The van der Waals surface area contributed by atoms with E-state index in [0.29, 0.717) is 4.90 Å². The standard InChI is InChI=1S/C6H5FO2S.C6H6O2S.2Na/c7-5-1-3-6(4-2-5)10(8)9;7-9(8)6-4-2-1-3-5-6;;/h1-4H,(H,8,9);1-5H,(H,7,8);;/q;;2*+1/p-2. The van der Waals surface area contributed by atoms with Gasteiger partial charge in [-0.2, -0.15) is 0 Å². The monoisotopic (exact) mass is 346 g/mol. The van der Waals surface area contributed by atoms with Gasteiger partial charge in [-0.15, -0.1) is 0 Å². The van der Waals surface area contributed by atoms with E-state index >= 15 is 0 Å². The summed E-state index contributed by atoms with van der Waals surface area (Å²) in [5, 5.41) is 0. The molecular formula is C12H9FNa2O4S2. The molecule has 0 aliphatic heterocycles. The van der Waals surface area contributed by atoms with E-state index in [1.165, 1.54) is 12.1 Å². The third kappa shape index (κ3) is 10.1. The Morgan fingerprint density at radius 2 is 1.10 bits per heavy atom. The Kier molecular flexibility index (Phi) is 14.8. The van der Waals surface area contributed by atoms with Gasteiger partial charge in [0.05, 0.1) is 0 Å². The maximum absolute atomic E-state index is 12.1. The van der Waals surface area contributed by atoms with Crippen LogP contribution in [0.1, 0.15) is 0 Å². The van der Waals surface area contributed by atoms with E-state index in [1.54, 1.807) is 30.3 Å². The molecule has 0 aliphatic carbocycles. The molecule has 0 saturated heterocycles. The summed E-state index contributed by atoms with van der Waals surface area (Å²) in [6, 6.07) is 12.9. The second-order valence-corrected chi connectivity index (χ2v) is 5.12. The maximum atomic E-state index is 12.1. The van der Waals surface area contributed by atoms with Crippen molar-refractivity contribution in [2.75, 3.05) is 0 Å². The van der Waals surface area contributed by atoms with Gasteiger partial charge in [0.2, 0.25) is 0 Å². The molecule has 4 nitrogen and oxygen atoms in total. The predicted octanol–water partition coefficient (Wildman–Crippen LogP) is -4.00. The van der Waals surface area contributed by atoms with Crippen LogP contribution in [0.25, 0.3) is 0 Å². The molecule has 0 radical (unpaired) electrons. The summed E-state index contributed by atoms with van der Waals surface area (Å²) < 4.78 is 52.9. The third-order valence-electron chi connectivity index (χ3n) is 1.94. The van der Waals surface area contributed by atoms with Crippen molar-refractivity contribution in [1.29, 1.82) is 0 Å². The maximum Gasteiger partial charge on any atom is 1.00 e. The Morgan fingerprint density at radius 3 is 1.43 bits per heavy atom. The Balaban J connectivity index is 0. The third-order valence-corrected chi connectivity index (χ3v) is 3.26. The zero-order valence-electron chi connectivity index (χ0n) is 11.5. The number of hydrogen-bond acceptors (Lipinski definition) is 4. The normalized spacial score (nSPS) is 11.8. The topological polar surface area (TPSA) is 80.3 Å². The first kappa shape index (κ1) is 23.9. The molecule has 0 aliphatic rings. The molecular weight excluding hydrogens is 337 g/mol. The molecule has 0 N–H and O–H groups in total. The average molecular weight is 346 g/mol. The largest absolute Gasteiger partial charge is 1.00 e. The van der Waals surface area contributed by atoms with Gasteiger partial charge in [-0.05, 0) is 58.6 Å². The van der Waals surface area contributed by atoms with Gasteiger partial charge in [0.15, 0.2) is 0 Å². The molecule has 9 heteroatoms. The first-order chi connectivity index (χ1) is 9.00. The smallest absolute Gasteiger partial charge is 0.768 e. The van der Waals surface area contributed by atoms with Crippen LogP contribution in [-0.4, -0.2) is 17.5 Å². The number of rotatable bonds is 2.